The van der Waals surface area contributed by atoms with Crippen molar-refractivity contribution in [2.24, 2.45) is 0 Å². The maximum Gasteiger partial charge on any atom is 0.340 e. The predicted octanol–water partition coefficient (Wildman–Crippen LogP) is 2.25. The van der Waals surface area contributed by atoms with E-state index in [0.717, 1.165) is 11.5 Å². The molecule has 0 spiro atoms. The van der Waals surface area contributed by atoms with Crippen LogP contribution in [0.3, 0.4) is 0 Å². The molecule has 0 atom stereocenters. The van der Waals surface area contributed by atoms with Gasteiger partial charge in [0, 0.05) is 5.39 Å². The van der Waals surface area contributed by atoms with Gasteiger partial charge in [0.05, 0.1) is 24.8 Å². The van der Waals surface area contributed by atoms with E-state index >= 15 is 0 Å². The zero-order valence-corrected chi connectivity index (χ0v) is 8.89. The number of aromatic hydroxyl groups is 1. The largest absolute Gasteiger partial charge is 0.507 e. The van der Waals surface area contributed by atoms with E-state index in [2.05, 4.69) is 0 Å². The van der Waals surface area contributed by atoms with Gasteiger partial charge in [-0.25, -0.2) is 4.79 Å². The van der Waals surface area contributed by atoms with Crippen LogP contribution in [0.25, 0.3) is 21.9 Å². The molecule has 0 aliphatic heterocycles. The van der Waals surface area contributed by atoms with E-state index in [0.29, 0.717) is 16.7 Å². The monoisotopic (exact) mass is 232 g/mol. The molecule has 3 rings (SSSR count). The van der Waals surface area contributed by atoms with Gasteiger partial charge < -0.3 is 18.7 Å². The second-order valence-electron chi connectivity index (χ2n) is 3.58. The molecule has 17 heavy (non-hydrogen) atoms. The van der Waals surface area contributed by atoms with E-state index in [9.17, 15) is 9.90 Å². The Hall–Kier alpha value is -2.43. The highest BCUT2D eigenvalue weighted by Gasteiger charge is 2.16. The van der Waals surface area contributed by atoms with Crippen LogP contribution in [-0.2, 0) is 0 Å². The van der Waals surface area contributed by atoms with Crippen LogP contribution in [0, 0.1) is 0 Å². The van der Waals surface area contributed by atoms with Crippen LogP contribution in [0.5, 0.6) is 11.5 Å². The summed E-state index contributed by atoms with van der Waals surface area (Å²) in [6, 6.07) is 4.44. The number of fused-ring (bicyclic) bond motifs is 2. The van der Waals surface area contributed by atoms with Crippen molar-refractivity contribution in [3.63, 3.8) is 0 Å². The Bertz CT molecular complexity index is 765. The number of rotatable bonds is 1. The van der Waals surface area contributed by atoms with Crippen molar-refractivity contribution in [1.82, 2.24) is 0 Å². The molecule has 5 nitrogen and oxygen atoms in total. The first-order valence-electron chi connectivity index (χ1n) is 4.91. The van der Waals surface area contributed by atoms with Crippen LogP contribution in [0.4, 0.5) is 0 Å². The lowest BCUT2D eigenvalue weighted by Crippen LogP contribution is -1.97. The Labute approximate surface area is 94.8 Å². The molecular formula is C12H8O5. The normalized spacial score (nSPS) is 11.1. The standard InChI is InChI=1S/C12H8O5/c1-15-12-10-6(2-3-16-10)4-7-8(13)5-9(14)17-11(7)12/h2-5,13H,1H3. The zero-order chi connectivity index (χ0) is 12.0. The molecule has 0 aliphatic rings. The average Bonchev–Trinajstić information content (AvgIpc) is 2.74. The van der Waals surface area contributed by atoms with E-state index in [1.807, 2.05) is 0 Å². The van der Waals surface area contributed by atoms with Gasteiger partial charge in [0.1, 0.15) is 5.75 Å². The molecule has 0 radical (unpaired) electrons. The van der Waals surface area contributed by atoms with Gasteiger partial charge in [-0.05, 0) is 12.1 Å². The lowest BCUT2D eigenvalue weighted by molar-refractivity contribution is 0.400. The summed E-state index contributed by atoms with van der Waals surface area (Å²) in [5.74, 6) is 0.160. The first-order chi connectivity index (χ1) is 8.20. The van der Waals surface area contributed by atoms with E-state index in [1.165, 1.54) is 13.4 Å². The molecule has 3 aromatic rings. The Morgan fingerprint density at radius 2 is 2.12 bits per heavy atom. The molecule has 5 heteroatoms. The highest BCUT2D eigenvalue weighted by molar-refractivity contribution is 6.02. The molecule has 1 aromatic carbocycles. The summed E-state index contributed by atoms with van der Waals surface area (Å²) in [5.41, 5.74) is 0.0212. The topological polar surface area (TPSA) is 72.8 Å². The summed E-state index contributed by atoms with van der Waals surface area (Å²) < 4.78 is 15.5. The predicted molar refractivity (Wildman–Crippen MR) is 60.5 cm³/mol. The molecule has 2 aromatic heterocycles. The van der Waals surface area contributed by atoms with Gasteiger partial charge in [0.15, 0.2) is 11.2 Å². The molecule has 0 saturated carbocycles. The number of ether oxygens (including phenoxy) is 1. The number of hydrogen-bond donors (Lipinski definition) is 1. The highest BCUT2D eigenvalue weighted by Crippen LogP contribution is 2.37. The lowest BCUT2D eigenvalue weighted by Gasteiger charge is -2.05. The number of hydrogen-bond acceptors (Lipinski definition) is 5. The average molecular weight is 232 g/mol. The molecule has 0 fully saturated rings. The first kappa shape index (κ1) is 9.77. The van der Waals surface area contributed by atoms with Crippen molar-refractivity contribution in [1.29, 1.82) is 0 Å². The Morgan fingerprint density at radius 3 is 2.88 bits per heavy atom. The third-order valence-corrected chi connectivity index (χ3v) is 2.59. The maximum absolute atomic E-state index is 11.2. The molecule has 0 saturated heterocycles. The number of benzene rings is 1. The molecule has 0 unspecified atom stereocenters. The van der Waals surface area contributed by atoms with E-state index < -0.39 is 5.63 Å². The van der Waals surface area contributed by atoms with Crippen molar-refractivity contribution in [2.75, 3.05) is 7.11 Å². The van der Waals surface area contributed by atoms with Gasteiger partial charge in [0.25, 0.3) is 0 Å². The molecule has 0 amide bonds. The van der Waals surface area contributed by atoms with Gasteiger partial charge in [-0.2, -0.15) is 0 Å². The fourth-order valence-electron chi connectivity index (χ4n) is 1.86. The molecule has 1 N–H and O–H groups in total. The third-order valence-electron chi connectivity index (χ3n) is 2.59. The van der Waals surface area contributed by atoms with Crippen molar-refractivity contribution in [3.05, 3.63) is 34.9 Å². The van der Waals surface area contributed by atoms with Gasteiger partial charge in [-0.3, -0.25) is 0 Å². The molecule has 0 aliphatic carbocycles. The maximum atomic E-state index is 11.2. The number of furan rings is 1. The van der Waals surface area contributed by atoms with E-state index in [-0.39, 0.29) is 11.3 Å². The van der Waals surface area contributed by atoms with Crippen molar-refractivity contribution in [3.8, 4) is 11.5 Å². The second-order valence-corrected chi connectivity index (χ2v) is 3.58. The van der Waals surface area contributed by atoms with Crippen molar-refractivity contribution >= 4 is 21.9 Å². The first-order valence-corrected chi connectivity index (χ1v) is 4.91. The SMILES string of the molecule is COc1c2occc2cc2c(O)cc(=O)oc12. The minimum atomic E-state index is -0.640. The van der Waals surface area contributed by atoms with Crippen LogP contribution < -0.4 is 10.4 Å². The smallest absolute Gasteiger partial charge is 0.340 e. The summed E-state index contributed by atoms with van der Waals surface area (Å²) in [5, 5.41) is 10.9. The van der Waals surface area contributed by atoms with Gasteiger partial charge in [-0.1, -0.05) is 0 Å². The van der Waals surface area contributed by atoms with Crippen LogP contribution >= 0.6 is 0 Å². The van der Waals surface area contributed by atoms with Crippen molar-refractivity contribution in [2.45, 2.75) is 0 Å². The summed E-state index contributed by atoms with van der Waals surface area (Å²) >= 11 is 0. The van der Waals surface area contributed by atoms with Crippen LogP contribution in [-0.4, -0.2) is 12.2 Å². The third kappa shape index (κ3) is 1.29. The fourth-order valence-corrected chi connectivity index (χ4v) is 1.86. The Balaban J connectivity index is 2.63. The second kappa shape index (κ2) is 3.28. The molecular weight excluding hydrogens is 224 g/mol. The number of methoxy groups -OCH3 is 1. The highest BCUT2D eigenvalue weighted by atomic mass is 16.5. The summed E-state index contributed by atoms with van der Waals surface area (Å²) in [7, 11) is 1.45. The summed E-state index contributed by atoms with van der Waals surface area (Å²) in [6.07, 6.45) is 1.50. The van der Waals surface area contributed by atoms with Gasteiger partial charge in [0.2, 0.25) is 5.75 Å². The molecule has 2 heterocycles. The van der Waals surface area contributed by atoms with Crippen molar-refractivity contribution < 1.29 is 18.7 Å². The van der Waals surface area contributed by atoms with Gasteiger partial charge in [-0.15, -0.1) is 0 Å². The fraction of sp³-hybridized carbons (Fsp3) is 0.0833. The minimum absolute atomic E-state index is 0.141. The zero-order valence-electron chi connectivity index (χ0n) is 8.89. The Kier molecular flexibility index (Phi) is 1.89. The Morgan fingerprint density at radius 1 is 1.29 bits per heavy atom. The van der Waals surface area contributed by atoms with E-state index in [1.54, 1.807) is 12.1 Å². The van der Waals surface area contributed by atoms with Crippen LogP contribution in [0.15, 0.2) is 38.1 Å². The van der Waals surface area contributed by atoms with Gasteiger partial charge >= 0.3 is 5.63 Å². The minimum Gasteiger partial charge on any atom is -0.507 e. The molecule has 86 valence electrons. The van der Waals surface area contributed by atoms with Crippen LogP contribution in [0.2, 0.25) is 0 Å². The summed E-state index contributed by atoms with van der Waals surface area (Å²) in [4.78, 5) is 11.2. The quantitative estimate of drug-likeness (QED) is 0.651. The summed E-state index contributed by atoms with van der Waals surface area (Å²) in [6.45, 7) is 0. The molecule has 0 bridgehead atoms. The van der Waals surface area contributed by atoms with Crippen LogP contribution in [0.1, 0.15) is 0 Å². The lowest BCUT2D eigenvalue weighted by atomic mass is 10.1. The van der Waals surface area contributed by atoms with E-state index in [4.69, 9.17) is 13.6 Å².